The molecule has 170 valence electrons. The van der Waals surface area contributed by atoms with E-state index in [2.05, 4.69) is 5.32 Å². The molecule has 1 amide bonds. The first-order chi connectivity index (χ1) is 15.8. The smallest absolute Gasteiger partial charge is 0.321 e. The van der Waals surface area contributed by atoms with Crippen LogP contribution in [-0.4, -0.2) is 23.5 Å². The van der Waals surface area contributed by atoms with Crippen LogP contribution in [0.1, 0.15) is 29.8 Å². The molecule has 3 aromatic carbocycles. The topological polar surface area (TPSA) is 90.2 Å². The summed E-state index contributed by atoms with van der Waals surface area (Å²) >= 11 is 0. The van der Waals surface area contributed by atoms with Crippen LogP contribution in [-0.2, 0) is 22.9 Å². The van der Waals surface area contributed by atoms with Gasteiger partial charge in [0.15, 0.2) is 0 Å². The molecule has 0 saturated heterocycles. The van der Waals surface area contributed by atoms with E-state index in [0.29, 0.717) is 29.7 Å². The molecular formula is C25H25N3O4S. The molecule has 0 spiro atoms. The highest BCUT2D eigenvalue weighted by Gasteiger charge is 2.26. The number of rotatable bonds is 6. The van der Waals surface area contributed by atoms with Crippen LogP contribution in [0.2, 0.25) is 0 Å². The lowest BCUT2D eigenvalue weighted by Gasteiger charge is -2.14. The lowest BCUT2D eigenvalue weighted by molar-refractivity contribution is 0.102. The minimum Gasteiger partial charge on any atom is -0.321 e. The summed E-state index contributed by atoms with van der Waals surface area (Å²) in [6.45, 7) is 6.30. The Kier molecular flexibility index (Phi) is 5.95. The number of aryl methyl sites for hydroxylation is 3. The minimum atomic E-state index is -3.97. The molecule has 0 aliphatic rings. The average Bonchev–Trinajstić information content (AvgIpc) is 3.08. The number of hydrogen-bond donors (Lipinski definition) is 1. The number of carbonyl (C=O) groups is 1. The van der Waals surface area contributed by atoms with Gasteiger partial charge in [-0.1, -0.05) is 36.4 Å². The van der Waals surface area contributed by atoms with Crippen molar-refractivity contribution in [3.63, 3.8) is 0 Å². The largest absolute Gasteiger partial charge is 0.329 e. The number of nitrogens with zero attached hydrogens (tertiary/aromatic N) is 2. The maximum atomic E-state index is 13.6. The summed E-state index contributed by atoms with van der Waals surface area (Å²) in [5, 5.41) is 2.79. The fourth-order valence-corrected chi connectivity index (χ4v) is 5.45. The molecule has 7 nitrogen and oxygen atoms in total. The molecule has 33 heavy (non-hydrogen) atoms. The number of amides is 1. The quantitative estimate of drug-likeness (QED) is 0.463. The summed E-state index contributed by atoms with van der Waals surface area (Å²) < 4.78 is 30.3. The predicted molar refractivity (Wildman–Crippen MR) is 129 cm³/mol. The monoisotopic (exact) mass is 463 g/mol. The molecule has 0 bridgehead atoms. The summed E-state index contributed by atoms with van der Waals surface area (Å²) in [4.78, 5) is 26.0. The van der Waals surface area contributed by atoms with Crippen molar-refractivity contribution in [1.82, 2.24) is 9.13 Å². The molecule has 1 heterocycles. The highest BCUT2D eigenvalue weighted by atomic mass is 32.2. The Morgan fingerprint density at radius 2 is 1.45 bits per heavy atom. The molecule has 0 atom stereocenters. The summed E-state index contributed by atoms with van der Waals surface area (Å²) in [6.07, 6.45) is 0. The van der Waals surface area contributed by atoms with Gasteiger partial charge in [-0.15, -0.1) is 0 Å². The Morgan fingerprint density at radius 3 is 2.06 bits per heavy atom. The number of carbonyl (C=O) groups excluding carboxylic acids is 1. The second kappa shape index (κ2) is 8.71. The lowest BCUT2D eigenvalue weighted by Crippen LogP contribution is -2.23. The zero-order valence-corrected chi connectivity index (χ0v) is 19.5. The van der Waals surface area contributed by atoms with Crippen molar-refractivity contribution in [2.24, 2.45) is 0 Å². The fourth-order valence-electron chi connectivity index (χ4n) is 4.02. The Bertz CT molecular complexity index is 1520. The van der Waals surface area contributed by atoms with Crippen molar-refractivity contribution >= 4 is 32.5 Å². The van der Waals surface area contributed by atoms with Crippen LogP contribution in [0.25, 0.3) is 11.0 Å². The number of aromatic nitrogens is 2. The number of benzene rings is 3. The van der Waals surface area contributed by atoms with E-state index in [1.165, 1.54) is 22.8 Å². The van der Waals surface area contributed by atoms with Gasteiger partial charge in [0.05, 0.1) is 26.5 Å². The Morgan fingerprint density at radius 1 is 0.879 bits per heavy atom. The molecule has 0 saturated carbocycles. The summed E-state index contributed by atoms with van der Waals surface area (Å²) in [5.74, 6) is -0.419. The molecule has 4 rings (SSSR count). The summed E-state index contributed by atoms with van der Waals surface area (Å²) in [5.41, 5.74) is 2.20. The zero-order chi connectivity index (χ0) is 23.8. The number of fused-ring (bicyclic) bond motifs is 1. The van der Waals surface area contributed by atoms with Crippen LogP contribution >= 0.6 is 0 Å². The number of sulfone groups is 1. The summed E-state index contributed by atoms with van der Waals surface area (Å²) in [7, 11) is -3.97. The van der Waals surface area contributed by atoms with Crippen LogP contribution in [0.4, 0.5) is 5.69 Å². The minimum absolute atomic E-state index is 0.0569. The van der Waals surface area contributed by atoms with Crippen LogP contribution in [0.3, 0.4) is 0 Å². The normalized spacial score (nSPS) is 11.6. The molecular weight excluding hydrogens is 438 g/mol. The van der Waals surface area contributed by atoms with Gasteiger partial charge < -0.3 is 5.32 Å². The Labute approximate surface area is 192 Å². The van der Waals surface area contributed by atoms with E-state index in [-0.39, 0.29) is 21.2 Å². The molecule has 0 radical (unpaired) electrons. The Hall–Kier alpha value is -3.65. The van der Waals surface area contributed by atoms with E-state index in [4.69, 9.17) is 0 Å². The third kappa shape index (κ3) is 3.87. The van der Waals surface area contributed by atoms with Crippen LogP contribution in [0.15, 0.2) is 81.3 Å². The van der Waals surface area contributed by atoms with E-state index >= 15 is 0 Å². The third-order valence-corrected chi connectivity index (χ3v) is 7.54. The fraction of sp³-hybridized carbons (Fsp3) is 0.200. The molecule has 0 unspecified atom stereocenters. The van der Waals surface area contributed by atoms with Crippen molar-refractivity contribution in [3.8, 4) is 0 Å². The van der Waals surface area contributed by atoms with Crippen LogP contribution in [0.5, 0.6) is 0 Å². The van der Waals surface area contributed by atoms with E-state index < -0.39 is 15.7 Å². The maximum absolute atomic E-state index is 13.6. The predicted octanol–water partition coefficient (Wildman–Crippen LogP) is 4.24. The van der Waals surface area contributed by atoms with Crippen LogP contribution in [0, 0.1) is 6.92 Å². The molecule has 8 heteroatoms. The van der Waals surface area contributed by atoms with E-state index in [0.717, 1.165) is 5.56 Å². The SMILES string of the molecule is CCn1c(=O)n(CC)c2cc(S(=O)(=O)c3ccccc3)c(NC(=O)c3ccccc3C)cc21. The number of hydrogen-bond acceptors (Lipinski definition) is 4. The van der Waals surface area contributed by atoms with Gasteiger partial charge in [-0.05, 0) is 56.7 Å². The molecule has 0 aliphatic heterocycles. The van der Waals surface area contributed by atoms with E-state index in [1.807, 2.05) is 32.9 Å². The number of imidazole rings is 1. The van der Waals surface area contributed by atoms with Gasteiger partial charge in [0, 0.05) is 18.7 Å². The summed E-state index contributed by atoms with van der Waals surface area (Å²) in [6, 6.07) is 18.2. The highest BCUT2D eigenvalue weighted by Crippen LogP contribution is 2.32. The van der Waals surface area contributed by atoms with Crippen LogP contribution < -0.4 is 11.0 Å². The van der Waals surface area contributed by atoms with Gasteiger partial charge >= 0.3 is 5.69 Å². The average molecular weight is 464 g/mol. The third-order valence-electron chi connectivity index (χ3n) is 5.73. The van der Waals surface area contributed by atoms with Crippen molar-refractivity contribution in [2.45, 2.75) is 43.7 Å². The molecule has 1 aromatic heterocycles. The van der Waals surface area contributed by atoms with Crippen molar-refractivity contribution in [3.05, 3.63) is 88.3 Å². The highest BCUT2D eigenvalue weighted by molar-refractivity contribution is 7.91. The maximum Gasteiger partial charge on any atom is 0.329 e. The van der Waals surface area contributed by atoms with Gasteiger partial charge in [0.2, 0.25) is 9.84 Å². The van der Waals surface area contributed by atoms with Gasteiger partial charge in [-0.3, -0.25) is 13.9 Å². The van der Waals surface area contributed by atoms with E-state index in [1.54, 1.807) is 41.0 Å². The van der Waals surface area contributed by atoms with Gasteiger partial charge in [0.1, 0.15) is 0 Å². The van der Waals surface area contributed by atoms with Crippen molar-refractivity contribution in [2.75, 3.05) is 5.32 Å². The Balaban J connectivity index is 1.99. The van der Waals surface area contributed by atoms with Crippen molar-refractivity contribution in [1.29, 1.82) is 0 Å². The first-order valence-corrected chi connectivity index (χ1v) is 12.2. The van der Waals surface area contributed by atoms with Crippen molar-refractivity contribution < 1.29 is 13.2 Å². The second-order valence-electron chi connectivity index (χ2n) is 7.69. The second-order valence-corrected chi connectivity index (χ2v) is 9.61. The zero-order valence-electron chi connectivity index (χ0n) is 18.7. The molecule has 1 N–H and O–H groups in total. The number of nitrogens with one attached hydrogen (secondary N) is 1. The number of anilines is 1. The van der Waals surface area contributed by atoms with E-state index in [9.17, 15) is 18.0 Å². The molecule has 0 aliphatic carbocycles. The van der Waals surface area contributed by atoms with Gasteiger partial charge in [-0.25, -0.2) is 13.2 Å². The molecule has 4 aromatic rings. The molecule has 0 fully saturated rings. The van der Waals surface area contributed by atoms with Gasteiger partial charge in [-0.2, -0.15) is 0 Å². The first-order valence-electron chi connectivity index (χ1n) is 10.7. The van der Waals surface area contributed by atoms with Gasteiger partial charge in [0.25, 0.3) is 5.91 Å². The standard InChI is InChI=1S/C25H25N3O4S/c1-4-27-21-15-20(26-24(29)19-14-10-9-11-17(19)3)23(16-22(21)28(5-2)25(27)30)33(31,32)18-12-7-6-8-13-18/h6-16H,4-5H2,1-3H3,(H,26,29). The first kappa shape index (κ1) is 22.5. The lowest BCUT2D eigenvalue weighted by atomic mass is 10.1.